The number of carbonyl (C=O) groups is 1. The minimum atomic E-state index is -0.168. The van der Waals surface area contributed by atoms with Gasteiger partial charge in [-0.2, -0.15) is 0 Å². The second-order valence-corrected chi connectivity index (χ2v) is 7.33. The molecule has 5 nitrogen and oxygen atoms in total. The van der Waals surface area contributed by atoms with E-state index >= 15 is 0 Å². The Bertz CT molecular complexity index is 1250. The third kappa shape index (κ3) is 4.95. The number of amides is 1. The van der Waals surface area contributed by atoms with Crippen molar-refractivity contribution in [2.75, 3.05) is 0 Å². The molecule has 0 aliphatic heterocycles. The van der Waals surface area contributed by atoms with E-state index < -0.39 is 0 Å². The number of hydrogen-bond acceptors (Lipinski definition) is 4. The molecule has 1 heterocycles. The van der Waals surface area contributed by atoms with Crippen molar-refractivity contribution < 1.29 is 9.53 Å². The molecule has 0 aliphatic rings. The molecule has 5 heteroatoms. The van der Waals surface area contributed by atoms with E-state index in [0.717, 1.165) is 27.6 Å². The molecule has 3 aromatic carbocycles. The first-order valence-electron chi connectivity index (χ1n) is 10.1. The maximum atomic E-state index is 12.3. The zero-order valence-electron chi connectivity index (χ0n) is 17.5. The predicted molar refractivity (Wildman–Crippen MR) is 123 cm³/mol. The zero-order valence-corrected chi connectivity index (χ0v) is 17.5. The normalized spacial score (nSPS) is 11.0. The highest BCUT2D eigenvalue weighted by Gasteiger charge is 2.09. The van der Waals surface area contributed by atoms with Gasteiger partial charge in [0.15, 0.2) is 0 Å². The van der Waals surface area contributed by atoms with E-state index in [9.17, 15) is 4.79 Å². The van der Waals surface area contributed by atoms with E-state index in [2.05, 4.69) is 15.3 Å². The van der Waals surface area contributed by atoms with Gasteiger partial charge < -0.3 is 10.1 Å². The van der Waals surface area contributed by atoms with Crippen LogP contribution < -0.4 is 10.1 Å². The Hall–Kier alpha value is -3.99. The fraction of sp³-hybridized carbons (Fsp3) is 0.115. The Morgan fingerprint density at radius 3 is 2.61 bits per heavy atom. The number of benzene rings is 3. The van der Waals surface area contributed by atoms with Crippen molar-refractivity contribution in [2.24, 2.45) is 0 Å². The van der Waals surface area contributed by atoms with E-state index in [-0.39, 0.29) is 5.91 Å². The first kappa shape index (κ1) is 20.3. The van der Waals surface area contributed by atoms with Crippen LogP contribution in [0.5, 0.6) is 11.6 Å². The highest BCUT2D eigenvalue weighted by Crippen LogP contribution is 2.30. The van der Waals surface area contributed by atoms with Gasteiger partial charge in [-0.3, -0.25) is 4.79 Å². The summed E-state index contributed by atoms with van der Waals surface area (Å²) in [6, 6.07) is 21.5. The molecule has 0 radical (unpaired) electrons. The van der Waals surface area contributed by atoms with Crippen LogP contribution >= 0.6 is 0 Å². The Labute approximate surface area is 181 Å². The van der Waals surface area contributed by atoms with Crippen LogP contribution in [-0.4, -0.2) is 15.9 Å². The first-order valence-corrected chi connectivity index (χ1v) is 10.1. The van der Waals surface area contributed by atoms with E-state index in [1.165, 1.54) is 18.0 Å². The molecular weight excluding hydrogens is 386 g/mol. The minimum Gasteiger partial charge on any atom is -0.438 e. The van der Waals surface area contributed by atoms with Gasteiger partial charge in [0.05, 0.1) is 10.9 Å². The van der Waals surface area contributed by atoms with Crippen LogP contribution in [-0.2, 0) is 11.3 Å². The van der Waals surface area contributed by atoms with Crippen LogP contribution in [0.1, 0.15) is 22.3 Å². The standard InChI is InChI=1S/C26H23N3O2/c1-18-10-12-20(13-11-18)16-27-24(30)15-14-21-7-3-4-9-23(21)31-26-22-8-5-6-19(2)25(22)28-17-29-26/h3-15,17H,16H2,1-2H3,(H,27,30)/b15-14+. The quantitative estimate of drug-likeness (QED) is 0.435. The molecule has 0 atom stereocenters. The van der Waals surface area contributed by atoms with Gasteiger partial charge in [-0.05, 0) is 43.2 Å². The molecule has 4 rings (SSSR count). The Kier molecular flexibility index (Phi) is 6.03. The van der Waals surface area contributed by atoms with Gasteiger partial charge in [-0.15, -0.1) is 0 Å². The van der Waals surface area contributed by atoms with Crippen molar-refractivity contribution in [2.45, 2.75) is 20.4 Å². The van der Waals surface area contributed by atoms with Gasteiger partial charge >= 0.3 is 0 Å². The summed E-state index contributed by atoms with van der Waals surface area (Å²) in [5.74, 6) is 0.934. The molecule has 0 saturated carbocycles. The van der Waals surface area contributed by atoms with Crippen LogP contribution in [0.3, 0.4) is 0 Å². The van der Waals surface area contributed by atoms with Crippen molar-refractivity contribution in [3.63, 3.8) is 0 Å². The molecule has 0 unspecified atom stereocenters. The minimum absolute atomic E-state index is 0.168. The topological polar surface area (TPSA) is 64.1 Å². The summed E-state index contributed by atoms with van der Waals surface area (Å²) in [6.45, 7) is 4.52. The van der Waals surface area contributed by atoms with Crippen LogP contribution in [0.2, 0.25) is 0 Å². The van der Waals surface area contributed by atoms with Gasteiger partial charge in [0, 0.05) is 18.2 Å². The lowest BCUT2D eigenvalue weighted by atomic mass is 10.1. The van der Waals surface area contributed by atoms with Gasteiger partial charge in [0.2, 0.25) is 11.8 Å². The number of nitrogens with zero attached hydrogens (tertiary/aromatic N) is 2. The van der Waals surface area contributed by atoms with E-state index in [1.807, 2.05) is 80.6 Å². The Morgan fingerprint density at radius 1 is 0.968 bits per heavy atom. The number of aryl methyl sites for hydroxylation is 2. The lowest BCUT2D eigenvalue weighted by molar-refractivity contribution is -0.116. The van der Waals surface area contributed by atoms with Gasteiger partial charge in [-0.1, -0.05) is 60.2 Å². The molecule has 1 aromatic heterocycles. The van der Waals surface area contributed by atoms with Crippen LogP contribution in [0.15, 0.2) is 79.1 Å². The SMILES string of the molecule is Cc1ccc(CNC(=O)/C=C/c2ccccc2Oc2ncnc3c(C)cccc23)cc1. The van der Waals surface area contributed by atoms with Crippen LogP contribution in [0.4, 0.5) is 0 Å². The van der Waals surface area contributed by atoms with Crippen molar-refractivity contribution in [3.8, 4) is 11.6 Å². The van der Waals surface area contributed by atoms with E-state index in [0.29, 0.717) is 18.2 Å². The van der Waals surface area contributed by atoms with Crippen LogP contribution in [0, 0.1) is 13.8 Å². The first-order chi connectivity index (χ1) is 15.1. The lowest BCUT2D eigenvalue weighted by Gasteiger charge is -2.10. The smallest absolute Gasteiger partial charge is 0.244 e. The largest absolute Gasteiger partial charge is 0.438 e. The van der Waals surface area contributed by atoms with E-state index in [4.69, 9.17) is 4.74 Å². The number of nitrogens with one attached hydrogen (secondary N) is 1. The summed E-state index contributed by atoms with van der Waals surface area (Å²) in [7, 11) is 0. The third-order valence-corrected chi connectivity index (χ3v) is 4.96. The number of para-hydroxylation sites is 2. The maximum Gasteiger partial charge on any atom is 0.244 e. The lowest BCUT2D eigenvalue weighted by Crippen LogP contribution is -2.20. The van der Waals surface area contributed by atoms with Gasteiger partial charge in [0.1, 0.15) is 12.1 Å². The monoisotopic (exact) mass is 409 g/mol. The van der Waals surface area contributed by atoms with Gasteiger partial charge in [-0.25, -0.2) is 9.97 Å². The number of rotatable bonds is 6. The molecular formula is C26H23N3O2. The average Bonchev–Trinajstić information content (AvgIpc) is 2.79. The number of aromatic nitrogens is 2. The van der Waals surface area contributed by atoms with Crippen molar-refractivity contribution in [1.82, 2.24) is 15.3 Å². The summed E-state index contributed by atoms with van der Waals surface area (Å²) in [4.78, 5) is 20.9. The molecule has 0 saturated heterocycles. The molecule has 0 bridgehead atoms. The Morgan fingerprint density at radius 2 is 1.77 bits per heavy atom. The molecule has 1 amide bonds. The Balaban J connectivity index is 1.49. The molecule has 1 N–H and O–H groups in total. The second kappa shape index (κ2) is 9.22. The summed E-state index contributed by atoms with van der Waals surface area (Å²) < 4.78 is 6.12. The number of hydrogen-bond donors (Lipinski definition) is 1. The molecule has 31 heavy (non-hydrogen) atoms. The molecule has 0 aliphatic carbocycles. The number of ether oxygens (including phenoxy) is 1. The second-order valence-electron chi connectivity index (χ2n) is 7.33. The summed E-state index contributed by atoms with van der Waals surface area (Å²) in [5.41, 5.74) is 4.95. The predicted octanol–water partition coefficient (Wildman–Crippen LogP) is 5.37. The number of fused-ring (bicyclic) bond motifs is 1. The van der Waals surface area contributed by atoms with Crippen LogP contribution in [0.25, 0.3) is 17.0 Å². The summed E-state index contributed by atoms with van der Waals surface area (Å²) in [6.07, 6.45) is 4.76. The van der Waals surface area contributed by atoms with Crippen molar-refractivity contribution >= 4 is 22.9 Å². The molecule has 0 fully saturated rings. The number of carbonyl (C=O) groups excluding carboxylic acids is 1. The fourth-order valence-corrected chi connectivity index (χ4v) is 3.23. The van der Waals surface area contributed by atoms with E-state index in [1.54, 1.807) is 6.08 Å². The molecule has 4 aromatic rings. The highest BCUT2D eigenvalue weighted by atomic mass is 16.5. The summed E-state index contributed by atoms with van der Waals surface area (Å²) in [5, 5.41) is 3.75. The zero-order chi connectivity index (χ0) is 21.6. The fourth-order valence-electron chi connectivity index (χ4n) is 3.23. The summed E-state index contributed by atoms with van der Waals surface area (Å²) >= 11 is 0. The maximum absolute atomic E-state index is 12.3. The molecule has 0 spiro atoms. The van der Waals surface area contributed by atoms with Gasteiger partial charge in [0.25, 0.3) is 0 Å². The average molecular weight is 409 g/mol. The van der Waals surface area contributed by atoms with Crippen molar-refractivity contribution in [1.29, 1.82) is 0 Å². The molecule has 154 valence electrons. The van der Waals surface area contributed by atoms with Crippen molar-refractivity contribution in [3.05, 3.63) is 101 Å². The third-order valence-electron chi connectivity index (χ3n) is 4.96. The highest BCUT2D eigenvalue weighted by molar-refractivity contribution is 5.92.